The molecule has 0 unspecified atom stereocenters. The van der Waals surface area contributed by atoms with Crippen LogP contribution in [0.2, 0.25) is 5.02 Å². The van der Waals surface area contributed by atoms with Crippen LogP contribution in [0.3, 0.4) is 0 Å². The normalized spacial score (nSPS) is 11.4. The van der Waals surface area contributed by atoms with Crippen molar-refractivity contribution < 1.29 is 17.9 Å². The van der Waals surface area contributed by atoms with E-state index in [-0.39, 0.29) is 22.2 Å². The highest BCUT2D eigenvalue weighted by atomic mass is 35.5. The lowest BCUT2D eigenvalue weighted by atomic mass is 10.2. The number of sulfonamides is 1. The smallest absolute Gasteiger partial charge is 0.262 e. The van der Waals surface area contributed by atoms with Gasteiger partial charge in [0.25, 0.3) is 10.0 Å². The second-order valence-corrected chi connectivity index (χ2v) is 6.59. The van der Waals surface area contributed by atoms with Gasteiger partial charge in [-0.15, -0.1) is 0 Å². The van der Waals surface area contributed by atoms with Crippen molar-refractivity contribution in [3.8, 4) is 0 Å². The van der Waals surface area contributed by atoms with Gasteiger partial charge in [0.1, 0.15) is 5.82 Å². The van der Waals surface area contributed by atoms with E-state index in [1.54, 1.807) is 13.0 Å². The number of halogens is 2. The first-order valence-electron chi connectivity index (χ1n) is 6.02. The van der Waals surface area contributed by atoms with Crippen LogP contribution in [0.5, 0.6) is 0 Å². The molecule has 2 aromatic rings. The van der Waals surface area contributed by atoms with E-state index >= 15 is 0 Å². The summed E-state index contributed by atoms with van der Waals surface area (Å²) in [5, 5.41) is 9.14. The second-order valence-electron chi connectivity index (χ2n) is 4.50. The third kappa shape index (κ3) is 3.53. The first kappa shape index (κ1) is 15.8. The summed E-state index contributed by atoms with van der Waals surface area (Å²) in [5.74, 6) is -0.665. The molecule has 0 aliphatic rings. The molecule has 2 rings (SSSR count). The van der Waals surface area contributed by atoms with Gasteiger partial charge in [-0.2, -0.15) is 0 Å². The molecule has 0 aromatic heterocycles. The fourth-order valence-electron chi connectivity index (χ4n) is 1.74. The van der Waals surface area contributed by atoms with Crippen molar-refractivity contribution in [2.24, 2.45) is 0 Å². The van der Waals surface area contributed by atoms with E-state index in [2.05, 4.69) is 4.72 Å². The van der Waals surface area contributed by atoms with Crippen molar-refractivity contribution in [1.29, 1.82) is 0 Å². The third-order valence-electron chi connectivity index (χ3n) is 2.87. The molecule has 0 heterocycles. The Hall–Kier alpha value is -1.63. The molecule has 0 amide bonds. The van der Waals surface area contributed by atoms with Crippen LogP contribution in [0.1, 0.15) is 11.1 Å². The van der Waals surface area contributed by atoms with Crippen LogP contribution in [-0.4, -0.2) is 13.5 Å². The number of anilines is 1. The van der Waals surface area contributed by atoms with Gasteiger partial charge in [0.2, 0.25) is 0 Å². The molecule has 0 aliphatic heterocycles. The minimum absolute atomic E-state index is 0.106. The molecule has 0 saturated carbocycles. The summed E-state index contributed by atoms with van der Waals surface area (Å²) in [6.45, 7) is 1.43. The predicted octanol–water partition coefficient (Wildman–Crippen LogP) is 3.08. The Bertz CT molecular complexity index is 778. The van der Waals surface area contributed by atoms with Crippen molar-refractivity contribution in [1.82, 2.24) is 0 Å². The lowest BCUT2D eigenvalue weighted by molar-refractivity contribution is 0.282. The maximum absolute atomic E-state index is 13.6. The van der Waals surface area contributed by atoms with Gasteiger partial charge in [0.15, 0.2) is 0 Å². The van der Waals surface area contributed by atoms with Gasteiger partial charge in [-0.05, 0) is 42.3 Å². The van der Waals surface area contributed by atoms with Crippen LogP contribution in [0.25, 0.3) is 0 Å². The average molecular weight is 330 g/mol. The van der Waals surface area contributed by atoms with Gasteiger partial charge < -0.3 is 5.11 Å². The molecule has 0 aliphatic carbocycles. The van der Waals surface area contributed by atoms with Gasteiger partial charge in [-0.1, -0.05) is 23.7 Å². The molecule has 112 valence electrons. The first-order chi connectivity index (χ1) is 9.83. The summed E-state index contributed by atoms with van der Waals surface area (Å²) in [5.41, 5.74) is 1.01. The van der Waals surface area contributed by atoms with Gasteiger partial charge >= 0.3 is 0 Å². The van der Waals surface area contributed by atoms with Gasteiger partial charge in [0.05, 0.1) is 17.2 Å². The van der Waals surface area contributed by atoms with Crippen LogP contribution in [0, 0.1) is 12.7 Å². The molecule has 2 N–H and O–H groups in total. The highest BCUT2D eigenvalue weighted by molar-refractivity contribution is 7.92. The lowest BCUT2D eigenvalue weighted by Gasteiger charge is -2.11. The van der Waals surface area contributed by atoms with Crippen LogP contribution in [0.4, 0.5) is 10.1 Å². The standard InChI is InChI=1S/C14H13ClFNO3S/c1-9-2-5-13(16)14(6-9)17-21(19,20)11-4-3-10(8-18)12(15)7-11/h2-7,17-18H,8H2,1H3. The summed E-state index contributed by atoms with van der Waals surface area (Å²) in [4.78, 5) is -0.106. The number of benzene rings is 2. The topological polar surface area (TPSA) is 66.4 Å². The number of aliphatic hydroxyl groups is 1. The molecule has 7 heteroatoms. The van der Waals surface area contributed by atoms with E-state index in [0.29, 0.717) is 5.56 Å². The molecule has 0 bridgehead atoms. The summed E-state index contributed by atoms with van der Waals surface area (Å²) < 4.78 is 40.2. The first-order valence-corrected chi connectivity index (χ1v) is 7.88. The van der Waals surface area contributed by atoms with E-state index in [4.69, 9.17) is 16.7 Å². The highest BCUT2D eigenvalue weighted by Crippen LogP contribution is 2.24. The quantitative estimate of drug-likeness (QED) is 0.906. The van der Waals surface area contributed by atoms with E-state index in [1.165, 1.54) is 30.3 Å². The number of aryl methyl sites for hydroxylation is 1. The molecule has 4 nitrogen and oxygen atoms in total. The summed E-state index contributed by atoms with van der Waals surface area (Å²) in [6.07, 6.45) is 0. The Morgan fingerprint density at radius 2 is 1.95 bits per heavy atom. The fourth-order valence-corrected chi connectivity index (χ4v) is 3.13. The molecular formula is C14H13ClFNO3S. The van der Waals surface area contributed by atoms with E-state index < -0.39 is 15.8 Å². The van der Waals surface area contributed by atoms with E-state index in [0.717, 1.165) is 5.56 Å². The average Bonchev–Trinajstić information content (AvgIpc) is 2.42. The molecule has 0 saturated heterocycles. The molecule has 0 fully saturated rings. The Morgan fingerprint density at radius 1 is 1.24 bits per heavy atom. The summed E-state index contributed by atoms with van der Waals surface area (Å²) in [7, 11) is -3.96. The van der Waals surface area contributed by atoms with Crippen LogP contribution < -0.4 is 4.72 Å². The number of aliphatic hydroxyl groups excluding tert-OH is 1. The van der Waals surface area contributed by atoms with Crippen molar-refractivity contribution in [3.63, 3.8) is 0 Å². The minimum atomic E-state index is -3.96. The second kappa shape index (κ2) is 6.01. The number of nitrogens with one attached hydrogen (secondary N) is 1. The zero-order chi connectivity index (χ0) is 15.6. The van der Waals surface area contributed by atoms with Crippen molar-refractivity contribution >= 4 is 27.3 Å². The van der Waals surface area contributed by atoms with Crippen LogP contribution in [-0.2, 0) is 16.6 Å². The molecule has 0 spiro atoms. The third-order valence-corrected chi connectivity index (χ3v) is 4.59. The predicted molar refractivity (Wildman–Crippen MR) is 79.3 cm³/mol. The maximum atomic E-state index is 13.6. The molecule has 0 atom stereocenters. The highest BCUT2D eigenvalue weighted by Gasteiger charge is 2.17. The molecular weight excluding hydrogens is 317 g/mol. The summed E-state index contributed by atoms with van der Waals surface area (Å²) in [6, 6.07) is 8.05. The molecule has 21 heavy (non-hydrogen) atoms. The van der Waals surface area contributed by atoms with Gasteiger partial charge in [0, 0.05) is 5.02 Å². The SMILES string of the molecule is Cc1ccc(F)c(NS(=O)(=O)c2ccc(CO)c(Cl)c2)c1. The Kier molecular flexibility index (Phi) is 4.51. The van der Waals surface area contributed by atoms with Crippen molar-refractivity contribution in [2.75, 3.05) is 4.72 Å². The summed E-state index contributed by atoms with van der Waals surface area (Å²) >= 11 is 5.87. The lowest BCUT2D eigenvalue weighted by Crippen LogP contribution is -2.14. The van der Waals surface area contributed by atoms with Crippen molar-refractivity contribution in [2.45, 2.75) is 18.4 Å². The maximum Gasteiger partial charge on any atom is 0.262 e. The zero-order valence-electron chi connectivity index (χ0n) is 11.1. The monoisotopic (exact) mass is 329 g/mol. The molecule has 0 radical (unpaired) electrons. The Balaban J connectivity index is 2.38. The van der Waals surface area contributed by atoms with Gasteiger partial charge in [-0.3, -0.25) is 4.72 Å². The van der Waals surface area contributed by atoms with Crippen LogP contribution >= 0.6 is 11.6 Å². The van der Waals surface area contributed by atoms with E-state index in [9.17, 15) is 12.8 Å². The number of hydrogen-bond donors (Lipinski definition) is 2. The van der Waals surface area contributed by atoms with E-state index in [1.807, 2.05) is 0 Å². The minimum Gasteiger partial charge on any atom is -0.392 e. The fraction of sp³-hybridized carbons (Fsp3) is 0.143. The zero-order valence-corrected chi connectivity index (χ0v) is 12.7. The Morgan fingerprint density at radius 3 is 2.57 bits per heavy atom. The Labute approximate surface area is 127 Å². The number of rotatable bonds is 4. The van der Waals surface area contributed by atoms with Crippen LogP contribution in [0.15, 0.2) is 41.3 Å². The number of hydrogen-bond acceptors (Lipinski definition) is 3. The van der Waals surface area contributed by atoms with Crippen molar-refractivity contribution in [3.05, 3.63) is 58.4 Å². The molecule has 2 aromatic carbocycles. The largest absolute Gasteiger partial charge is 0.392 e. The van der Waals surface area contributed by atoms with Gasteiger partial charge in [-0.25, -0.2) is 12.8 Å².